The molecule has 14 heteroatoms. The lowest BCUT2D eigenvalue weighted by Gasteiger charge is -2.37. The number of aryl methyl sites for hydroxylation is 3. The molecule has 3 atom stereocenters. The van der Waals surface area contributed by atoms with Gasteiger partial charge in [-0.05, 0) is 109 Å². The Labute approximate surface area is 352 Å². The van der Waals surface area contributed by atoms with Crippen molar-refractivity contribution in [1.29, 1.82) is 0 Å². The van der Waals surface area contributed by atoms with Crippen LogP contribution < -0.4 is 19.5 Å². The topological polar surface area (TPSA) is 153 Å². The Balaban J connectivity index is 0.978. The number of pyridine rings is 1. The fourth-order valence-electron chi connectivity index (χ4n) is 8.36. The van der Waals surface area contributed by atoms with Gasteiger partial charge in [-0.15, -0.1) is 0 Å². The molecule has 8 rings (SSSR count). The first-order valence-corrected chi connectivity index (χ1v) is 20.6. The third-order valence-electron chi connectivity index (χ3n) is 12.1. The second-order valence-corrected chi connectivity index (χ2v) is 16.3. The summed E-state index contributed by atoms with van der Waals surface area (Å²) < 4.78 is 51.3. The first kappa shape index (κ1) is 41.4. The Morgan fingerprint density at radius 1 is 0.967 bits per heavy atom. The molecule has 0 saturated heterocycles. The molecule has 12 nitrogen and oxygen atoms in total. The van der Waals surface area contributed by atoms with Crippen molar-refractivity contribution in [2.75, 3.05) is 13.2 Å². The number of carboxylic acids is 1. The summed E-state index contributed by atoms with van der Waals surface area (Å²) in [6, 6.07) is 18.2. The summed E-state index contributed by atoms with van der Waals surface area (Å²) in [5.74, 6) is -2.63. The molecule has 2 amide bonds. The predicted octanol–water partition coefficient (Wildman–Crippen LogP) is 8.07. The van der Waals surface area contributed by atoms with E-state index in [2.05, 4.69) is 15.3 Å². The Morgan fingerprint density at radius 2 is 1.69 bits per heavy atom. The van der Waals surface area contributed by atoms with Gasteiger partial charge in [0.05, 0.1) is 6.61 Å². The van der Waals surface area contributed by atoms with Crippen molar-refractivity contribution < 1.29 is 46.9 Å². The van der Waals surface area contributed by atoms with E-state index in [1.54, 1.807) is 20.0 Å². The molecule has 1 aliphatic carbocycles. The van der Waals surface area contributed by atoms with Crippen LogP contribution in [0.15, 0.2) is 77.3 Å². The molecule has 5 aromatic rings. The molecule has 1 saturated carbocycles. The van der Waals surface area contributed by atoms with E-state index in [-0.39, 0.29) is 50.4 Å². The van der Waals surface area contributed by atoms with E-state index in [9.17, 15) is 28.3 Å². The summed E-state index contributed by atoms with van der Waals surface area (Å²) in [7, 11) is 0. The maximum atomic E-state index is 14.2. The van der Waals surface area contributed by atoms with Crippen LogP contribution in [0, 0.1) is 33.6 Å². The number of carbonyl (C=O) groups excluding carboxylic acids is 2. The molecule has 4 heterocycles. The summed E-state index contributed by atoms with van der Waals surface area (Å²) in [4.78, 5) is 51.1. The van der Waals surface area contributed by atoms with Gasteiger partial charge in [-0.25, -0.2) is 18.6 Å². The average Bonchev–Trinajstić information content (AvgIpc) is 3.59. The molecule has 3 unspecified atom stereocenters. The Bertz CT molecular complexity index is 2440. The lowest BCUT2D eigenvalue weighted by atomic mass is 9.87. The zero-order valence-electron chi connectivity index (χ0n) is 34.5. The van der Waals surface area contributed by atoms with Crippen LogP contribution in [0.2, 0.25) is 0 Å². The third kappa shape index (κ3) is 9.08. The number of fused-ring (bicyclic) bond motifs is 2. The highest BCUT2D eigenvalue weighted by Gasteiger charge is 2.40. The van der Waals surface area contributed by atoms with E-state index in [0.717, 1.165) is 39.1 Å². The Morgan fingerprint density at radius 3 is 2.38 bits per heavy atom. The molecule has 3 aliphatic rings. The van der Waals surface area contributed by atoms with Crippen LogP contribution in [-0.2, 0) is 29.0 Å². The molecule has 1 fully saturated rings. The van der Waals surface area contributed by atoms with E-state index < -0.39 is 41.9 Å². The molecule has 3 aromatic carbocycles. The van der Waals surface area contributed by atoms with Crippen LogP contribution in [0.25, 0.3) is 11.1 Å². The predicted molar refractivity (Wildman–Crippen MR) is 220 cm³/mol. The largest absolute Gasteiger partial charge is 0.493 e. The molecule has 2 aliphatic heterocycles. The molecule has 61 heavy (non-hydrogen) atoms. The number of alkyl halides is 2. The molecule has 318 valence electrons. The van der Waals surface area contributed by atoms with Crippen LogP contribution in [0.1, 0.15) is 87.4 Å². The second kappa shape index (κ2) is 17.0. The van der Waals surface area contributed by atoms with Crippen molar-refractivity contribution in [3.63, 3.8) is 0 Å². The smallest absolute Gasteiger partial charge is 0.326 e. The number of oxazole rings is 1. The maximum Gasteiger partial charge on any atom is 0.326 e. The summed E-state index contributed by atoms with van der Waals surface area (Å²) in [6.07, 6.45) is 2.08. The van der Waals surface area contributed by atoms with Gasteiger partial charge in [0, 0.05) is 51.0 Å². The number of nitrogens with zero attached hydrogens (tertiary/aromatic N) is 3. The van der Waals surface area contributed by atoms with E-state index in [0.29, 0.717) is 53.9 Å². The van der Waals surface area contributed by atoms with Gasteiger partial charge in [0.2, 0.25) is 11.8 Å². The lowest BCUT2D eigenvalue weighted by molar-refractivity contribution is -0.142. The SMILES string of the molecule is Cc1nc(C(=O)N2Cc3cc4c(cc3CC2C(=O)NC(Cc2ccc(-c3ccnc(C)c3C)cc2)C(=O)O)OCC(c2ccc(OCC3CCC(F)(F)CC3)cc2)O4)c(C)o1. The zero-order chi connectivity index (χ0) is 43.0. The summed E-state index contributed by atoms with van der Waals surface area (Å²) >= 11 is 0. The lowest BCUT2D eigenvalue weighted by Crippen LogP contribution is -2.56. The van der Waals surface area contributed by atoms with Crippen molar-refractivity contribution in [3.8, 4) is 28.4 Å². The van der Waals surface area contributed by atoms with E-state index in [4.69, 9.17) is 18.6 Å². The number of ether oxygens (including phenoxy) is 3. The number of nitrogens with one attached hydrogen (secondary N) is 1. The van der Waals surface area contributed by atoms with Crippen molar-refractivity contribution in [2.45, 2.75) is 96.9 Å². The number of carboxylic acid groups (broad SMARTS) is 1. The Hall–Kier alpha value is -6.31. The molecule has 0 bridgehead atoms. The van der Waals surface area contributed by atoms with Crippen LogP contribution in [0.3, 0.4) is 0 Å². The number of aromatic nitrogens is 2. The number of carbonyl (C=O) groups is 3. The van der Waals surface area contributed by atoms with Gasteiger partial charge in [0.25, 0.3) is 5.91 Å². The number of hydrogen-bond acceptors (Lipinski definition) is 9. The highest BCUT2D eigenvalue weighted by atomic mass is 19.3. The number of benzene rings is 3. The van der Waals surface area contributed by atoms with Gasteiger partial charge in [-0.2, -0.15) is 0 Å². The van der Waals surface area contributed by atoms with Crippen molar-refractivity contribution in [2.24, 2.45) is 5.92 Å². The molecule has 0 spiro atoms. The Kier molecular flexibility index (Phi) is 11.5. The van der Waals surface area contributed by atoms with Crippen molar-refractivity contribution in [1.82, 2.24) is 20.2 Å². The molecule has 0 radical (unpaired) electrons. The highest BCUT2D eigenvalue weighted by Crippen LogP contribution is 2.42. The van der Waals surface area contributed by atoms with Crippen LogP contribution in [0.4, 0.5) is 8.78 Å². The number of amides is 2. The number of rotatable bonds is 11. The number of hydrogen-bond donors (Lipinski definition) is 2. The van der Waals surface area contributed by atoms with E-state index >= 15 is 0 Å². The van der Waals surface area contributed by atoms with Gasteiger partial charge >= 0.3 is 5.97 Å². The normalized spacial score (nSPS) is 18.8. The first-order valence-electron chi connectivity index (χ1n) is 20.6. The van der Waals surface area contributed by atoms with Crippen LogP contribution >= 0.6 is 0 Å². The summed E-state index contributed by atoms with van der Waals surface area (Å²) in [5.41, 5.74) is 7.10. The van der Waals surface area contributed by atoms with Gasteiger partial charge in [-0.3, -0.25) is 14.6 Å². The van der Waals surface area contributed by atoms with Crippen LogP contribution in [-0.4, -0.2) is 69.0 Å². The quantitative estimate of drug-likeness (QED) is 0.134. The van der Waals surface area contributed by atoms with Gasteiger partial charge in [0.15, 0.2) is 29.2 Å². The first-order chi connectivity index (χ1) is 29.2. The average molecular weight is 835 g/mol. The summed E-state index contributed by atoms with van der Waals surface area (Å²) in [6.45, 7) is 7.82. The van der Waals surface area contributed by atoms with E-state index in [1.165, 1.54) is 4.90 Å². The van der Waals surface area contributed by atoms with Crippen molar-refractivity contribution in [3.05, 3.63) is 124 Å². The second-order valence-electron chi connectivity index (χ2n) is 16.3. The van der Waals surface area contributed by atoms with Gasteiger partial charge in [-0.1, -0.05) is 36.4 Å². The minimum Gasteiger partial charge on any atom is -0.493 e. The highest BCUT2D eigenvalue weighted by molar-refractivity contribution is 5.98. The third-order valence-corrected chi connectivity index (χ3v) is 12.1. The van der Waals surface area contributed by atoms with E-state index in [1.807, 2.05) is 80.6 Å². The number of halogens is 2. The minimum atomic E-state index is -2.58. The van der Waals surface area contributed by atoms with Crippen molar-refractivity contribution >= 4 is 17.8 Å². The maximum absolute atomic E-state index is 14.2. The molecular formula is C47H48F2N4O8. The zero-order valence-corrected chi connectivity index (χ0v) is 34.5. The fraction of sp³-hybridized carbons (Fsp3) is 0.383. The standard InChI is InChI=1S/C47H48F2N4O8/c1-26-27(2)50-18-15-37(26)32-7-5-30(6-8-32)19-38(46(56)57)52-44(54)39-20-34-21-40-41(22-35(34)23-53(39)45(55)43-28(3)60-29(4)51-43)61-42(25-59-40)33-9-11-36(12-10-33)58-24-31-13-16-47(48,49)17-14-31/h5-12,15,18,21-22,31,38-39,42H,13-14,16-17,19-20,23-25H2,1-4H3,(H,52,54)(H,56,57). The number of aliphatic carboxylic acids is 1. The monoisotopic (exact) mass is 834 g/mol. The van der Waals surface area contributed by atoms with Gasteiger partial charge in [0.1, 0.15) is 30.2 Å². The van der Waals surface area contributed by atoms with Crippen LogP contribution in [0.5, 0.6) is 17.2 Å². The molecule has 2 aromatic heterocycles. The minimum absolute atomic E-state index is 0.0106. The van der Waals surface area contributed by atoms with Gasteiger partial charge < -0.3 is 34.0 Å². The molecule has 2 N–H and O–H groups in total. The molecular weight excluding hydrogens is 787 g/mol. The summed E-state index contributed by atoms with van der Waals surface area (Å²) in [5, 5.41) is 13.0. The fourth-order valence-corrected chi connectivity index (χ4v) is 8.36.